The molecule has 0 saturated carbocycles. The second-order valence-electron chi connectivity index (χ2n) is 16.1. The standard InChI is InChI=1S/C55H38N2O/c1-55(2)44-24-11-8-21-42(44)51-45(55)25-15-27-47(51)57(49-28-14-23-41-40-20-9-12-26-46(40)56(53(41)49)38-18-4-3-5-19-38)48-33-32-39(37-31-30-35-16-6-7-17-36(35)34-37)54-52(48)43-22-10-13-29-50(43)58-54/h3-34H,1-2H3. The summed E-state index contributed by atoms with van der Waals surface area (Å²) in [6, 6.07) is 70.6. The van der Waals surface area contributed by atoms with Crippen molar-refractivity contribution in [3.05, 3.63) is 205 Å². The number of fused-ring (bicyclic) bond motifs is 10. The van der Waals surface area contributed by atoms with Crippen molar-refractivity contribution in [2.24, 2.45) is 0 Å². The van der Waals surface area contributed by atoms with E-state index in [2.05, 4.69) is 217 Å². The lowest BCUT2D eigenvalue weighted by atomic mass is 9.82. The number of nitrogens with zero attached hydrogens (tertiary/aromatic N) is 2. The fourth-order valence-corrected chi connectivity index (χ4v) is 9.92. The summed E-state index contributed by atoms with van der Waals surface area (Å²) in [6.07, 6.45) is 0. The van der Waals surface area contributed by atoms with Crippen LogP contribution >= 0.6 is 0 Å². The van der Waals surface area contributed by atoms with Crippen LogP contribution in [0, 0.1) is 0 Å². The fraction of sp³-hybridized carbons (Fsp3) is 0.0545. The third-order valence-corrected chi connectivity index (χ3v) is 12.6. The van der Waals surface area contributed by atoms with Gasteiger partial charge in [0.05, 0.1) is 33.5 Å². The predicted molar refractivity (Wildman–Crippen MR) is 243 cm³/mol. The van der Waals surface area contributed by atoms with Crippen molar-refractivity contribution in [2.75, 3.05) is 4.90 Å². The number of hydrogen-bond acceptors (Lipinski definition) is 2. The second kappa shape index (κ2) is 12.3. The van der Waals surface area contributed by atoms with Crippen LogP contribution in [0.2, 0.25) is 0 Å². The zero-order valence-electron chi connectivity index (χ0n) is 32.3. The first kappa shape index (κ1) is 32.8. The average molecular weight is 743 g/mol. The Morgan fingerprint density at radius 2 is 1.17 bits per heavy atom. The summed E-state index contributed by atoms with van der Waals surface area (Å²) >= 11 is 0. The van der Waals surface area contributed by atoms with Crippen LogP contribution in [0.4, 0.5) is 17.1 Å². The first-order valence-electron chi connectivity index (χ1n) is 20.1. The maximum Gasteiger partial charge on any atom is 0.145 e. The number of anilines is 3. The van der Waals surface area contributed by atoms with Crippen molar-refractivity contribution in [1.29, 1.82) is 0 Å². The maximum absolute atomic E-state index is 6.99. The van der Waals surface area contributed by atoms with Gasteiger partial charge >= 0.3 is 0 Å². The Hall–Kier alpha value is -7.36. The molecule has 0 atom stereocenters. The van der Waals surface area contributed by atoms with Crippen molar-refractivity contribution in [2.45, 2.75) is 19.3 Å². The first-order chi connectivity index (χ1) is 28.6. The van der Waals surface area contributed by atoms with Crippen LogP contribution in [0.3, 0.4) is 0 Å². The summed E-state index contributed by atoms with van der Waals surface area (Å²) in [5.74, 6) is 0. The SMILES string of the molecule is CC1(C)c2ccccc2-c2c(N(c3ccc(-c4ccc5ccccc5c4)c4oc5ccccc5c34)c3cccc4c5ccccc5n(-c5ccccc5)c34)cccc21. The summed E-state index contributed by atoms with van der Waals surface area (Å²) in [6.45, 7) is 4.72. The smallest absolute Gasteiger partial charge is 0.145 e. The summed E-state index contributed by atoms with van der Waals surface area (Å²) in [7, 11) is 0. The van der Waals surface area contributed by atoms with E-state index >= 15 is 0 Å². The lowest BCUT2D eigenvalue weighted by molar-refractivity contribution is 0.660. The van der Waals surface area contributed by atoms with Crippen LogP contribution in [0.25, 0.3) is 82.5 Å². The van der Waals surface area contributed by atoms with Gasteiger partial charge in [-0.2, -0.15) is 0 Å². The number of rotatable bonds is 5. The van der Waals surface area contributed by atoms with E-state index in [-0.39, 0.29) is 5.41 Å². The summed E-state index contributed by atoms with van der Waals surface area (Å²) < 4.78 is 9.44. The van der Waals surface area contributed by atoms with Crippen molar-refractivity contribution in [3.8, 4) is 27.9 Å². The molecule has 3 nitrogen and oxygen atoms in total. The van der Waals surface area contributed by atoms with Gasteiger partial charge in [-0.05, 0) is 87.6 Å². The minimum absolute atomic E-state index is 0.170. The average Bonchev–Trinajstić information content (AvgIpc) is 3.91. The van der Waals surface area contributed by atoms with Gasteiger partial charge in [0.1, 0.15) is 11.2 Å². The van der Waals surface area contributed by atoms with Gasteiger partial charge in [-0.25, -0.2) is 0 Å². The molecule has 2 aromatic heterocycles. The van der Waals surface area contributed by atoms with E-state index < -0.39 is 0 Å². The topological polar surface area (TPSA) is 21.3 Å². The van der Waals surface area contributed by atoms with Gasteiger partial charge in [0, 0.05) is 38.4 Å². The van der Waals surface area contributed by atoms with Crippen LogP contribution in [-0.2, 0) is 5.41 Å². The highest BCUT2D eigenvalue weighted by Crippen LogP contribution is 2.56. The molecular weight excluding hydrogens is 705 g/mol. The third-order valence-electron chi connectivity index (χ3n) is 12.6. The molecule has 0 spiro atoms. The van der Waals surface area contributed by atoms with E-state index in [4.69, 9.17) is 4.42 Å². The molecule has 0 unspecified atom stereocenters. The molecule has 1 aliphatic rings. The van der Waals surface area contributed by atoms with E-state index in [0.717, 1.165) is 61.3 Å². The Labute approximate surface area is 336 Å². The van der Waals surface area contributed by atoms with Crippen LogP contribution in [0.1, 0.15) is 25.0 Å². The molecular formula is C55H38N2O. The number of furan rings is 1. The van der Waals surface area contributed by atoms with Gasteiger partial charge in [-0.3, -0.25) is 0 Å². The summed E-state index contributed by atoms with van der Waals surface area (Å²) in [5.41, 5.74) is 15.7. The first-order valence-corrected chi connectivity index (χ1v) is 20.1. The van der Waals surface area contributed by atoms with E-state index in [1.165, 1.54) is 49.3 Å². The molecule has 3 heteroatoms. The molecule has 0 aliphatic heterocycles. The largest absolute Gasteiger partial charge is 0.455 e. The van der Waals surface area contributed by atoms with Gasteiger partial charge in [-0.15, -0.1) is 0 Å². The third kappa shape index (κ3) is 4.62. The lowest BCUT2D eigenvalue weighted by Crippen LogP contribution is -2.16. The fourth-order valence-electron chi connectivity index (χ4n) is 9.92. The quantitative estimate of drug-likeness (QED) is 0.175. The Morgan fingerprint density at radius 3 is 2.07 bits per heavy atom. The molecule has 9 aromatic carbocycles. The zero-order chi connectivity index (χ0) is 38.5. The van der Waals surface area contributed by atoms with Gasteiger partial charge < -0.3 is 13.9 Å². The molecule has 0 radical (unpaired) electrons. The molecule has 2 heterocycles. The minimum Gasteiger partial charge on any atom is -0.455 e. The zero-order valence-corrected chi connectivity index (χ0v) is 32.3. The molecule has 274 valence electrons. The Balaban J connectivity index is 1.24. The minimum atomic E-state index is -0.170. The van der Waals surface area contributed by atoms with E-state index in [9.17, 15) is 0 Å². The molecule has 0 amide bonds. The molecule has 0 saturated heterocycles. The van der Waals surface area contributed by atoms with Crippen molar-refractivity contribution < 1.29 is 4.42 Å². The summed E-state index contributed by atoms with van der Waals surface area (Å²) in [4.78, 5) is 2.53. The van der Waals surface area contributed by atoms with E-state index in [1.807, 2.05) is 0 Å². The van der Waals surface area contributed by atoms with Gasteiger partial charge in [0.2, 0.25) is 0 Å². The van der Waals surface area contributed by atoms with Crippen LogP contribution in [0.5, 0.6) is 0 Å². The van der Waals surface area contributed by atoms with Crippen molar-refractivity contribution in [1.82, 2.24) is 4.57 Å². The van der Waals surface area contributed by atoms with Crippen molar-refractivity contribution >= 4 is 71.6 Å². The maximum atomic E-state index is 6.99. The number of benzene rings is 9. The van der Waals surface area contributed by atoms with Crippen LogP contribution in [-0.4, -0.2) is 4.57 Å². The van der Waals surface area contributed by atoms with Gasteiger partial charge in [0.25, 0.3) is 0 Å². The molecule has 11 aromatic rings. The second-order valence-corrected chi connectivity index (χ2v) is 16.1. The highest BCUT2D eigenvalue weighted by Gasteiger charge is 2.38. The Kier molecular flexibility index (Phi) is 6.98. The molecule has 0 bridgehead atoms. The monoisotopic (exact) mass is 742 g/mol. The molecule has 0 fully saturated rings. The van der Waals surface area contributed by atoms with E-state index in [0.29, 0.717) is 0 Å². The normalized spacial score (nSPS) is 13.1. The summed E-state index contributed by atoms with van der Waals surface area (Å²) in [5, 5.41) is 7.03. The van der Waals surface area contributed by atoms with Crippen molar-refractivity contribution in [3.63, 3.8) is 0 Å². The Morgan fingerprint density at radius 1 is 0.483 bits per heavy atom. The predicted octanol–water partition coefficient (Wildman–Crippen LogP) is 15.3. The van der Waals surface area contributed by atoms with Crippen LogP contribution in [0.15, 0.2) is 199 Å². The molecule has 1 aliphatic carbocycles. The van der Waals surface area contributed by atoms with E-state index in [1.54, 1.807) is 0 Å². The number of aromatic nitrogens is 1. The van der Waals surface area contributed by atoms with Gasteiger partial charge in [-0.1, -0.05) is 153 Å². The highest BCUT2D eigenvalue weighted by atomic mass is 16.3. The number of hydrogen-bond donors (Lipinski definition) is 0. The molecule has 58 heavy (non-hydrogen) atoms. The number of para-hydroxylation sites is 4. The molecule has 0 N–H and O–H groups in total. The highest BCUT2D eigenvalue weighted by molar-refractivity contribution is 6.20. The van der Waals surface area contributed by atoms with Crippen LogP contribution < -0.4 is 4.90 Å². The Bertz CT molecular complexity index is 3440. The molecule has 12 rings (SSSR count). The lowest BCUT2D eigenvalue weighted by Gasteiger charge is -2.30. The van der Waals surface area contributed by atoms with Gasteiger partial charge in [0.15, 0.2) is 0 Å².